The van der Waals surface area contributed by atoms with Gasteiger partial charge in [0.15, 0.2) is 17.5 Å². The molecule has 0 saturated carbocycles. The summed E-state index contributed by atoms with van der Waals surface area (Å²) in [5, 5.41) is 4.20. The monoisotopic (exact) mass is 641 g/mol. The first-order valence-electron chi connectivity index (χ1n) is 16.6. The van der Waals surface area contributed by atoms with Crippen LogP contribution in [0.2, 0.25) is 0 Å². The molecule has 234 valence electrons. The summed E-state index contributed by atoms with van der Waals surface area (Å²) in [7, 11) is 0. The van der Waals surface area contributed by atoms with E-state index < -0.39 is 0 Å². The summed E-state index contributed by atoms with van der Waals surface area (Å²) in [5.74, 6) is 1.66. The van der Waals surface area contributed by atoms with Gasteiger partial charge < -0.3 is 8.83 Å². The molecule has 0 amide bonds. The van der Waals surface area contributed by atoms with Crippen LogP contribution in [0, 0.1) is 0 Å². The molecule has 0 bridgehead atoms. The molecule has 0 aliphatic carbocycles. The summed E-state index contributed by atoms with van der Waals surface area (Å²) in [6.45, 7) is 0. The zero-order valence-electron chi connectivity index (χ0n) is 26.7. The Labute approximate surface area is 287 Å². The number of hydrogen-bond acceptors (Lipinski definition) is 5. The molecular formula is C45H27N3O2. The number of fused-ring (bicyclic) bond motifs is 6. The predicted molar refractivity (Wildman–Crippen MR) is 202 cm³/mol. The van der Waals surface area contributed by atoms with Crippen LogP contribution in [0.5, 0.6) is 0 Å². The Morgan fingerprint density at radius 3 is 1.62 bits per heavy atom. The summed E-state index contributed by atoms with van der Waals surface area (Å²) in [6, 6.07) is 55.8. The van der Waals surface area contributed by atoms with Gasteiger partial charge in [-0.3, -0.25) is 0 Å². The van der Waals surface area contributed by atoms with Crippen molar-refractivity contribution in [2.24, 2.45) is 0 Å². The highest BCUT2D eigenvalue weighted by atomic mass is 16.3. The first-order valence-corrected chi connectivity index (χ1v) is 16.6. The molecule has 3 heterocycles. The van der Waals surface area contributed by atoms with Gasteiger partial charge >= 0.3 is 0 Å². The van der Waals surface area contributed by atoms with Crippen LogP contribution in [-0.2, 0) is 0 Å². The van der Waals surface area contributed by atoms with Gasteiger partial charge in [0, 0.05) is 32.7 Å². The predicted octanol–water partition coefficient (Wildman–Crippen LogP) is 12.0. The Morgan fingerprint density at radius 2 is 0.820 bits per heavy atom. The Balaban J connectivity index is 1.17. The van der Waals surface area contributed by atoms with Crippen LogP contribution in [0.4, 0.5) is 0 Å². The van der Waals surface area contributed by atoms with Gasteiger partial charge in [0.05, 0.1) is 5.56 Å². The summed E-state index contributed by atoms with van der Waals surface area (Å²) >= 11 is 0. The SMILES string of the molecule is c1ccc(-c2ccc(-c3ccccc3-c3nc(-c4ccc5c(c4)oc4ccccc45)nc(-c4cccc5c4oc4ccccc45)n3)cc2)cc1. The molecule has 5 nitrogen and oxygen atoms in total. The molecule has 0 fully saturated rings. The zero-order valence-corrected chi connectivity index (χ0v) is 26.7. The maximum absolute atomic E-state index is 6.45. The Kier molecular flexibility index (Phi) is 6.42. The highest BCUT2D eigenvalue weighted by Crippen LogP contribution is 2.38. The second-order valence-electron chi connectivity index (χ2n) is 12.4. The molecule has 0 saturated heterocycles. The lowest BCUT2D eigenvalue weighted by molar-refractivity contribution is 0.668. The standard InChI is InChI=1S/C45H27N3O2/c1-2-11-28(12-3-1)29-21-23-30(24-22-29)32-13-4-5-16-37(32)44-46-43(31-25-26-35-33-14-6-8-19-39(33)49-41(35)27-31)47-45(48-44)38-18-10-17-36-34-15-7-9-20-40(34)50-42(36)38/h1-27H. The van der Waals surface area contributed by atoms with Crippen molar-refractivity contribution in [3.05, 3.63) is 164 Å². The summed E-state index contributed by atoms with van der Waals surface area (Å²) in [4.78, 5) is 15.4. The lowest BCUT2D eigenvalue weighted by Gasteiger charge is -2.13. The molecule has 0 aliphatic heterocycles. The van der Waals surface area contributed by atoms with E-state index >= 15 is 0 Å². The van der Waals surface area contributed by atoms with Gasteiger partial charge in [0.25, 0.3) is 0 Å². The number of furan rings is 2. The van der Waals surface area contributed by atoms with Crippen molar-refractivity contribution in [1.82, 2.24) is 15.0 Å². The highest BCUT2D eigenvalue weighted by molar-refractivity contribution is 6.09. The average molecular weight is 642 g/mol. The third kappa shape index (κ3) is 4.67. The van der Waals surface area contributed by atoms with Crippen LogP contribution < -0.4 is 0 Å². The Hall–Kier alpha value is -6.85. The van der Waals surface area contributed by atoms with Crippen LogP contribution in [0.1, 0.15) is 0 Å². The van der Waals surface area contributed by atoms with E-state index in [4.69, 9.17) is 23.8 Å². The molecule has 0 aliphatic rings. The molecule has 0 spiro atoms. The summed E-state index contributed by atoms with van der Waals surface area (Å²) in [5.41, 5.74) is 10.2. The fourth-order valence-corrected chi connectivity index (χ4v) is 6.94. The van der Waals surface area contributed by atoms with Crippen molar-refractivity contribution >= 4 is 43.9 Å². The van der Waals surface area contributed by atoms with E-state index in [1.165, 1.54) is 5.56 Å². The van der Waals surface area contributed by atoms with Crippen LogP contribution in [0.15, 0.2) is 173 Å². The fraction of sp³-hybridized carbons (Fsp3) is 0. The van der Waals surface area contributed by atoms with E-state index in [0.29, 0.717) is 17.5 Å². The third-order valence-corrected chi connectivity index (χ3v) is 9.39. The first-order chi connectivity index (χ1) is 24.8. The number of aromatic nitrogens is 3. The second kappa shape index (κ2) is 11.4. The van der Waals surface area contributed by atoms with Gasteiger partial charge in [-0.25, -0.2) is 15.0 Å². The minimum atomic E-state index is 0.536. The van der Waals surface area contributed by atoms with Crippen LogP contribution in [0.3, 0.4) is 0 Å². The van der Waals surface area contributed by atoms with Gasteiger partial charge in [-0.2, -0.15) is 0 Å². The molecule has 10 rings (SSSR count). The smallest absolute Gasteiger partial charge is 0.167 e. The number of para-hydroxylation sites is 3. The van der Waals surface area contributed by atoms with E-state index in [1.54, 1.807) is 0 Å². The van der Waals surface area contributed by atoms with Crippen molar-refractivity contribution < 1.29 is 8.83 Å². The van der Waals surface area contributed by atoms with Crippen molar-refractivity contribution in [1.29, 1.82) is 0 Å². The topological polar surface area (TPSA) is 65.0 Å². The normalized spacial score (nSPS) is 11.6. The highest BCUT2D eigenvalue weighted by Gasteiger charge is 2.20. The fourth-order valence-electron chi connectivity index (χ4n) is 6.94. The zero-order chi connectivity index (χ0) is 33.0. The number of hydrogen-bond donors (Lipinski definition) is 0. The molecule has 0 radical (unpaired) electrons. The van der Waals surface area contributed by atoms with E-state index in [0.717, 1.165) is 77.3 Å². The molecule has 50 heavy (non-hydrogen) atoms. The molecule has 3 aromatic heterocycles. The summed E-state index contributed by atoms with van der Waals surface area (Å²) < 4.78 is 12.7. The van der Waals surface area contributed by atoms with Crippen LogP contribution in [0.25, 0.3) is 100 Å². The second-order valence-corrected chi connectivity index (χ2v) is 12.4. The van der Waals surface area contributed by atoms with Crippen molar-refractivity contribution in [3.63, 3.8) is 0 Å². The van der Waals surface area contributed by atoms with E-state index in [-0.39, 0.29) is 0 Å². The molecule has 0 atom stereocenters. The average Bonchev–Trinajstić information content (AvgIpc) is 3.76. The quantitative estimate of drug-likeness (QED) is 0.187. The van der Waals surface area contributed by atoms with E-state index in [1.807, 2.05) is 66.7 Å². The third-order valence-electron chi connectivity index (χ3n) is 9.39. The molecule has 0 N–H and O–H groups in total. The van der Waals surface area contributed by atoms with E-state index in [9.17, 15) is 0 Å². The lowest BCUT2D eigenvalue weighted by atomic mass is 9.96. The van der Waals surface area contributed by atoms with Crippen molar-refractivity contribution in [3.8, 4) is 56.4 Å². The minimum Gasteiger partial charge on any atom is -0.456 e. The maximum Gasteiger partial charge on any atom is 0.167 e. The number of nitrogens with zero attached hydrogens (tertiary/aromatic N) is 3. The number of benzene rings is 7. The molecule has 0 unspecified atom stereocenters. The lowest BCUT2D eigenvalue weighted by Crippen LogP contribution is -2.01. The maximum atomic E-state index is 6.45. The van der Waals surface area contributed by atoms with Gasteiger partial charge in [0.1, 0.15) is 22.3 Å². The van der Waals surface area contributed by atoms with Crippen LogP contribution >= 0.6 is 0 Å². The molecular weight excluding hydrogens is 615 g/mol. The molecule has 5 heteroatoms. The van der Waals surface area contributed by atoms with Gasteiger partial charge in [-0.05, 0) is 52.6 Å². The Morgan fingerprint density at radius 1 is 0.300 bits per heavy atom. The van der Waals surface area contributed by atoms with Gasteiger partial charge in [0.2, 0.25) is 0 Å². The number of rotatable bonds is 5. The van der Waals surface area contributed by atoms with Crippen molar-refractivity contribution in [2.75, 3.05) is 0 Å². The van der Waals surface area contributed by atoms with Gasteiger partial charge in [-0.1, -0.05) is 133 Å². The van der Waals surface area contributed by atoms with Crippen molar-refractivity contribution in [2.45, 2.75) is 0 Å². The van der Waals surface area contributed by atoms with Crippen LogP contribution in [-0.4, -0.2) is 15.0 Å². The molecule has 10 aromatic rings. The minimum absolute atomic E-state index is 0.536. The van der Waals surface area contributed by atoms with E-state index in [2.05, 4.69) is 97.1 Å². The largest absolute Gasteiger partial charge is 0.456 e. The Bertz CT molecular complexity index is 2870. The first kappa shape index (κ1) is 28.2. The summed E-state index contributed by atoms with van der Waals surface area (Å²) in [6.07, 6.45) is 0. The molecule has 7 aromatic carbocycles. The van der Waals surface area contributed by atoms with Gasteiger partial charge in [-0.15, -0.1) is 0 Å².